The summed E-state index contributed by atoms with van der Waals surface area (Å²) in [6, 6.07) is 6.40. The number of nitrogens with zero attached hydrogens (tertiary/aromatic N) is 2. The Balaban J connectivity index is 1.71. The minimum atomic E-state index is -0.540. The number of halogens is 1. The zero-order valence-electron chi connectivity index (χ0n) is 13.5. The van der Waals surface area contributed by atoms with Crippen molar-refractivity contribution >= 4 is 5.91 Å². The number of ether oxygens (including phenoxy) is 1. The summed E-state index contributed by atoms with van der Waals surface area (Å²) < 4.78 is 19.6. The van der Waals surface area contributed by atoms with Gasteiger partial charge >= 0.3 is 0 Å². The summed E-state index contributed by atoms with van der Waals surface area (Å²) in [4.78, 5) is 16.8. The van der Waals surface area contributed by atoms with Gasteiger partial charge in [-0.25, -0.2) is 4.39 Å². The van der Waals surface area contributed by atoms with Gasteiger partial charge in [0.1, 0.15) is 11.9 Å². The van der Waals surface area contributed by atoms with Gasteiger partial charge in [-0.2, -0.15) is 0 Å². The molecule has 3 rings (SSSR count). The van der Waals surface area contributed by atoms with E-state index >= 15 is 0 Å². The lowest BCUT2D eigenvalue weighted by Gasteiger charge is -2.39. The number of nitrogens with one attached hydrogen (secondary N) is 1. The fraction of sp³-hybridized carbons (Fsp3) is 0.588. The Hall–Kier alpha value is -1.50. The van der Waals surface area contributed by atoms with E-state index in [9.17, 15) is 9.18 Å². The smallest absolute Gasteiger partial charge is 0.242 e. The highest BCUT2D eigenvalue weighted by molar-refractivity contribution is 5.84. The van der Waals surface area contributed by atoms with Crippen LogP contribution in [0.3, 0.4) is 0 Å². The van der Waals surface area contributed by atoms with Crippen LogP contribution < -0.4 is 5.32 Å². The zero-order chi connectivity index (χ0) is 16.2. The standard InChI is InChI=1S/C17H24FN3O2/c1-13-12-23-11-10-20(13)8-9-21-7-6-19-17(22)16(21)14-4-2-3-5-15(14)18/h2-5,13,16H,6-12H2,1H3,(H,19,22)/t13-,16+/m1/s1. The molecule has 0 spiro atoms. The van der Waals surface area contributed by atoms with Crippen molar-refractivity contribution in [2.45, 2.75) is 19.0 Å². The third-order valence-electron chi connectivity index (χ3n) is 4.69. The molecule has 2 fully saturated rings. The second-order valence-electron chi connectivity index (χ2n) is 6.21. The van der Waals surface area contributed by atoms with Gasteiger partial charge in [0.2, 0.25) is 5.91 Å². The van der Waals surface area contributed by atoms with Crippen LogP contribution in [0.2, 0.25) is 0 Å². The van der Waals surface area contributed by atoms with Crippen molar-refractivity contribution < 1.29 is 13.9 Å². The maximum Gasteiger partial charge on any atom is 0.242 e. The molecule has 0 bridgehead atoms. The first-order valence-electron chi connectivity index (χ1n) is 8.25. The van der Waals surface area contributed by atoms with E-state index in [4.69, 9.17) is 4.74 Å². The van der Waals surface area contributed by atoms with Gasteiger partial charge in [-0.3, -0.25) is 14.6 Å². The second-order valence-corrected chi connectivity index (χ2v) is 6.21. The van der Waals surface area contributed by atoms with Crippen LogP contribution in [-0.4, -0.2) is 67.7 Å². The molecule has 2 aliphatic heterocycles. The number of carbonyl (C=O) groups is 1. The molecule has 1 N–H and O–H groups in total. The van der Waals surface area contributed by atoms with Crippen LogP contribution >= 0.6 is 0 Å². The molecular weight excluding hydrogens is 297 g/mol. The second kappa shape index (κ2) is 7.38. The van der Waals surface area contributed by atoms with E-state index in [2.05, 4.69) is 22.0 Å². The lowest BCUT2D eigenvalue weighted by molar-refractivity contribution is -0.129. The monoisotopic (exact) mass is 321 g/mol. The molecule has 2 saturated heterocycles. The Labute approximate surface area is 136 Å². The van der Waals surface area contributed by atoms with Crippen LogP contribution in [-0.2, 0) is 9.53 Å². The van der Waals surface area contributed by atoms with Crippen molar-refractivity contribution in [3.05, 3.63) is 35.6 Å². The molecule has 6 heteroatoms. The van der Waals surface area contributed by atoms with Crippen molar-refractivity contribution in [3.8, 4) is 0 Å². The maximum absolute atomic E-state index is 14.1. The molecule has 2 heterocycles. The summed E-state index contributed by atoms with van der Waals surface area (Å²) in [6.45, 7) is 7.52. The summed E-state index contributed by atoms with van der Waals surface area (Å²) in [7, 11) is 0. The van der Waals surface area contributed by atoms with Gasteiger partial charge in [0.15, 0.2) is 0 Å². The minimum Gasteiger partial charge on any atom is -0.379 e. The molecule has 5 nitrogen and oxygen atoms in total. The van der Waals surface area contributed by atoms with Gasteiger partial charge in [-0.15, -0.1) is 0 Å². The van der Waals surface area contributed by atoms with Crippen LogP contribution in [0.5, 0.6) is 0 Å². The van der Waals surface area contributed by atoms with Gasteiger partial charge < -0.3 is 10.1 Å². The molecule has 23 heavy (non-hydrogen) atoms. The van der Waals surface area contributed by atoms with E-state index in [1.165, 1.54) is 6.07 Å². The quantitative estimate of drug-likeness (QED) is 0.899. The topological polar surface area (TPSA) is 44.8 Å². The van der Waals surface area contributed by atoms with Gasteiger partial charge in [-0.1, -0.05) is 18.2 Å². The Morgan fingerprint density at radius 1 is 1.26 bits per heavy atom. The Kier molecular flexibility index (Phi) is 5.25. The summed E-state index contributed by atoms with van der Waals surface area (Å²) in [5, 5.41) is 2.85. The van der Waals surface area contributed by atoms with Gasteiger partial charge in [0.25, 0.3) is 0 Å². The van der Waals surface area contributed by atoms with E-state index in [-0.39, 0.29) is 11.7 Å². The lowest BCUT2D eigenvalue weighted by atomic mass is 10.0. The maximum atomic E-state index is 14.1. The summed E-state index contributed by atoms with van der Waals surface area (Å²) >= 11 is 0. The van der Waals surface area contributed by atoms with Gasteiger partial charge in [0.05, 0.1) is 13.2 Å². The minimum absolute atomic E-state index is 0.114. The molecule has 0 aromatic heterocycles. The molecule has 0 unspecified atom stereocenters. The molecule has 1 aromatic rings. The average Bonchev–Trinajstić information content (AvgIpc) is 2.55. The number of piperazine rings is 1. The number of rotatable bonds is 4. The molecule has 2 aliphatic rings. The summed E-state index contributed by atoms with van der Waals surface area (Å²) in [6.07, 6.45) is 0. The van der Waals surface area contributed by atoms with Crippen LogP contribution in [0, 0.1) is 5.82 Å². The average molecular weight is 321 g/mol. The van der Waals surface area contributed by atoms with Crippen molar-refractivity contribution in [2.75, 3.05) is 45.9 Å². The number of benzene rings is 1. The van der Waals surface area contributed by atoms with E-state index in [0.717, 1.165) is 39.4 Å². The zero-order valence-corrected chi connectivity index (χ0v) is 13.5. The summed E-state index contributed by atoms with van der Waals surface area (Å²) in [5.41, 5.74) is 0.458. The van der Waals surface area contributed by atoms with Crippen LogP contribution in [0.4, 0.5) is 4.39 Å². The largest absolute Gasteiger partial charge is 0.379 e. The van der Waals surface area contributed by atoms with Gasteiger partial charge in [-0.05, 0) is 13.0 Å². The molecular formula is C17H24FN3O2. The van der Waals surface area contributed by atoms with Crippen LogP contribution in [0.1, 0.15) is 18.5 Å². The molecule has 2 atom stereocenters. The van der Waals surface area contributed by atoms with Crippen LogP contribution in [0.25, 0.3) is 0 Å². The Morgan fingerprint density at radius 2 is 2.04 bits per heavy atom. The highest BCUT2D eigenvalue weighted by atomic mass is 19.1. The van der Waals surface area contributed by atoms with Crippen molar-refractivity contribution in [1.29, 1.82) is 0 Å². The number of hydrogen-bond acceptors (Lipinski definition) is 4. The molecule has 1 amide bonds. The highest BCUT2D eigenvalue weighted by Gasteiger charge is 2.33. The van der Waals surface area contributed by atoms with Crippen molar-refractivity contribution in [3.63, 3.8) is 0 Å². The third-order valence-corrected chi connectivity index (χ3v) is 4.69. The number of morpholine rings is 1. The van der Waals surface area contributed by atoms with Crippen molar-refractivity contribution in [2.24, 2.45) is 0 Å². The fourth-order valence-electron chi connectivity index (χ4n) is 3.34. The van der Waals surface area contributed by atoms with E-state index < -0.39 is 6.04 Å². The third kappa shape index (κ3) is 3.71. The molecule has 0 radical (unpaired) electrons. The molecule has 126 valence electrons. The van der Waals surface area contributed by atoms with Crippen LogP contribution in [0.15, 0.2) is 24.3 Å². The first-order valence-corrected chi connectivity index (χ1v) is 8.25. The Morgan fingerprint density at radius 3 is 2.83 bits per heavy atom. The van der Waals surface area contributed by atoms with E-state index in [0.29, 0.717) is 18.2 Å². The fourth-order valence-corrected chi connectivity index (χ4v) is 3.34. The van der Waals surface area contributed by atoms with E-state index in [1.54, 1.807) is 18.2 Å². The summed E-state index contributed by atoms with van der Waals surface area (Å²) in [5.74, 6) is -0.435. The molecule has 0 aliphatic carbocycles. The Bertz CT molecular complexity index is 554. The first-order chi connectivity index (χ1) is 11.2. The normalized spacial score (nSPS) is 27.0. The number of hydrogen-bond donors (Lipinski definition) is 1. The van der Waals surface area contributed by atoms with E-state index in [1.807, 2.05) is 0 Å². The number of amides is 1. The number of carbonyl (C=O) groups excluding carboxylic acids is 1. The molecule has 0 saturated carbocycles. The SMILES string of the molecule is C[C@@H]1COCCN1CCN1CCNC(=O)[C@@H]1c1ccccc1F. The van der Waals surface area contributed by atoms with Crippen molar-refractivity contribution in [1.82, 2.24) is 15.1 Å². The predicted octanol–water partition coefficient (Wildman–Crippen LogP) is 1.02. The predicted molar refractivity (Wildman–Crippen MR) is 85.6 cm³/mol. The van der Waals surface area contributed by atoms with Gasteiger partial charge in [0, 0.05) is 44.3 Å². The highest BCUT2D eigenvalue weighted by Crippen LogP contribution is 2.25. The first kappa shape index (κ1) is 16.4. The lowest BCUT2D eigenvalue weighted by Crippen LogP contribution is -2.53. The molecule has 1 aromatic carbocycles.